The van der Waals surface area contributed by atoms with Crippen LogP contribution in [-0.4, -0.2) is 87.4 Å². The summed E-state index contributed by atoms with van der Waals surface area (Å²) in [6.45, 7) is 9.90. The first-order valence-electron chi connectivity index (χ1n) is 12.0. The molecule has 0 saturated carbocycles. The fourth-order valence-electron chi connectivity index (χ4n) is 5.05. The van der Waals surface area contributed by atoms with Gasteiger partial charge >= 0.3 is 0 Å². The number of rotatable bonds is 8. The van der Waals surface area contributed by atoms with Crippen LogP contribution >= 0.6 is 24.0 Å². The molecule has 3 unspecified atom stereocenters. The Morgan fingerprint density at radius 1 is 1.16 bits per heavy atom. The molecule has 7 nitrogen and oxygen atoms in total. The maximum atomic E-state index is 6.11. The van der Waals surface area contributed by atoms with Gasteiger partial charge in [0, 0.05) is 25.7 Å². The minimum absolute atomic E-state index is 0. The average Bonchev–Trinajstić information content (AvgIpc) is 3.50. The largest absolute Gasteiger partial charge is 0.497 e. The number of nitrogens with zero attached hydrogens (tertiary/aromatic N) is 3. The van der Waals surface area contributed by atoms with Crippen molar-refractivity contribution >= 4 is 29.9 Å². The highest BCUT2D eigenvalue weighted by Crippen LogP contribution is 2.27. The van der Waals surface area contributed by atoms with Gasteiger partial charge in [-0.15, -0.1) is 24.0 Å². The Morgan fingerprint density at radius 2 is 1.94 bits per heavy atom. The molecular weight excluding hydrogens is 517 g/mol. The van der Waals surface area contributed by atoms with Crippen molar-refractivity contribution in [2.75, 3.05) is 59.5 Å². The molecule has 3 saturated heterocycles. The number of benzene rings is 1. The van der Waals surface area contributed by atoms with Crippen molar-refractivity contribution in [2.45, 2.75) is 50.8 Å². The van der Waals surface area contributed by atoms with Crippen LogP contribution in [0.3, 0.4) is 0 Å². The third kappa shape index (κ3) is 6.71. The van der Waals surface area contributed by atoms with Gasteiger partial charge in [-0.1, -0.05) is 12.1 Å². The van der Waals surface area contributed by atoms with Crippen molar-refractivity contribution in [1.29, 1.82) is 0 Å². The number of hydrogen-bond donors (Lipinski definition) is 2. The lowest BCUT2D eigenvalue weighted by Crippen LogP contribution is -2.51. The van der Waals surface area contributed by atoms with E-state index in [1.165, 1.54) is 37.8 Å². The number of fused-ring (bicyclic) bond motifs is 1. The predicted octanol–water partition coefficient (Wildman–Crippen LogP) is 2.87. The van der Waals surface area contributed by atoms with E-state index < -0.39 is 0 Å². The van der Waals surface area contributed by atoms with E-state index in [1.807, 2.05) is 0 Å². The molecule has 3 heterocycles. The van der Waals surface area contributed by atoms with Crippen molar-refractivity contribution in [2.24, 2.45) is 4.99 Å². The summed E-state index contributed by atoms with van der Waals surface area (Å²) in [4.78, 5) is 10.1. The van der Waals surface area contributed by atoms with Gasteiger partial charge in [0.05, 0.1) is 32.4 Å². The second-order valence-corrected chi connectivity index (χ2v) is 8.88. The molecule has 180 valence electrons. The third-order valence-corrected chi connectivity index (χ3v) is 6.81. The van der Waals surface area contributed by atoms with E-state index in [4.69, 9.17) is 14.5 Å². The molecule has 1 aromatic rings. The zero-order valence-corrected chi connectivity index (χ0v) is 21.9. The number of morpholine rings is 1. The lowest BCUT2D eigenvalue weighted by molar-refractivity contribution is -0.0453. The fourth-order valence-corrected chi connectivity index (χ4v) is 5.05. The van der Waals surface area contributed by atoms with E-state index in [0.29, 0.717) is 12.1 Å². The lowest BCUT2D eigenvalue weighted by Gasteiger charge is -2.35. The molecule has 0 aromatic heterocycles. The van der Waals surface area contributed by atoms with E-state index in [1.54, 1.807) is 7.11 Å². The number of guanidine groups is 1. The van der Waals surface area contributed by atoms with Crippen molar-refractivity contribution < 1.29 is 9.47 Å². The van der Waals surface area contributed by atoms with E-state index >= 15 is 0 Å². The molecule has 32 heavy (non-hydrogen) atoms. The molecule has 3 aliphatic heterocycles. The third-order valence-electron chi connectivity index (χ3n) is 6.81. The SMILES string of the molecule is CCNC(=NCC(c1ccc(OC)cc1)N1CCCC1)NCC1CN2CCCC2CO1.I. The normalized spacial score (nSPS) is 25.1. The molecular formula is C24H40IN5O2. The number of likely N-dealkylation sites (tertiary alicyclic amines) is 1. The lowest BCUT2D eigenvalue weighted by atomic mass is 10.1. The summed E-state index contributed by atoms with van der Waals surface area (Å²) < 4.78 is 11.5. The van der Waals surface area contributed by atoms with Gasteiger partial charge in [-0.3, -0.25) is 14.8 Å². The standard InChI is InChI=1S/C24H39N5O2.HI/c1-3-25-24(26-15-22-17-29-14-6-7-20(29)18-31-22)27-16-23(28-12-4-5-13-28)19-8-10-21(30-2)11-9-19;/h8-11,20,22-23H,3-7,12-18H2,1-2H3,(H2,25,26,27);1H. The molecule has 0 amide bonds. The van der Waals surface area contributed by atoms with Gasteiger partial charge in [-0.25, -0.2) is 0 Å². The summed E-state index contributed by atoms with van der Waals surface area (Å²) in [5.41, 5.74) is 1.30. The van der Waals surface area contributed by atoms with Gasteiger partial charge < -0.3 is 20.1 Å². The van der Waals surface area contributed by atoms with Crippen LogP contribution in [0.1, 0.15) is 44.2 Å². The number of nitrogens with one attached hydrogen (secondary N) is 2. The first-order valence-corrected chi connectivity index (χ1v) is 12.0. The Hall–Kier alpha value is -1.10. The van der Waals surface area contributed by atoms with Crippen LogP contribution in [0.5, 0.6) is 5.75 Å². The van der Waals surface area contributed by atoms with Crippen LogP contribution in [-0.2, 0) is 4.74 Å². The van der Waals surface area contributed by atoms with Crippen molar-refractivity contribution in [3.63, 3.8) is 0 Å². The summed E-state index contributed by atoms with van der Waals surface area (Å²) in [5, 5.41) is 6.95. The molecule has 2 N–H and O–H groups in total. The van der Waals surface area contributed by atoms with Gasteiger partial charge in [-0.2, -0.15) is 0 Å². The second-order valence-electron chi connectivity index (χ2n) is 8.88. The molecule has 4 rings (SSSR count). The Balaban J connectivity index is 0.00000289. The fraction of sp³-hybridized carbons (Fsp3) is 0.708. The minimum Gasteiger partial charge on any atom is -0.497 e. The topological polar surface area (TPSA) is 61.4 Å². The van der Waals surface area contributed by atoms with Gasteiger partial charge in [-0.05, 0) is 69.9 Å². The summed E-state index contributed by atoms with van der Waals surface area (Å²) in [6, 6.07) is 9.40. The van der Waals surface area contributed by atoms with Crippen molar-refractivity contribution in [1.82, 2.24) is 20.4 Å². The molecule has 0 aliphatic carbocycles. The average molecular weight is 558 g/mol. The maximum absolute atomic E-state index is 6.11. The predicted molar refractivity (Wildman–Crippen MR) is 140 cm³/mol. The van der Waals surface area contributed by atoms with Gasteiger partial charge in [0.25, 0.3) is 0 Å². The van der Waals surface area contributed by atoms with E-state index in [2.05, 4.69) is 51.6 Å². The number of aliphatic imine (C=N–C) groups is 1. The molecule has 3 atom stereocenters. The molecule has 1 aromatic carbocycles. The van der Waals surface area contributed by atoms with E-state index in [-0.39, 0.29) is 30.1 Å². The highest BCUT2D eigenvalue weighted by molar-refractivity contribution is 14.0. The van der Waals surface area contributed by atoms with Gasteiger partial charge in [0.2, 0.25) is 0 Å². The molecule has 3 fully saturated rings. The quantitative estimate of drug-likeness (QED) is 0.291. The number of methoxy groups -OCH3 is 1. The maximum Gasteiger partial charge on any atom is 0.191 e. The van der Waals surface area contributed by atoms with Crippen LogP contribution in [0, 0.1) is 0 Å². The molecule has 0 spiro atoms. The van der Waals surface area contributed by atoms with E-state index in [0.717, 1.165) is 57.6 Å². The number of halogens is 1. The smallest absolute Gasteiger partial charge is 0.191 e. The second kappa shape index (κ2) is 13.0. The van der Waals surface area contributed by atoms with Crippen LogP contribution < -0.4 is 15.4 Å². The molecule has 3 aliphatic rings. The summed E-state index contributed by atoms with van der Waals surface area (Å²) in [6.07, 6.45) is 5.36. The Bertz CT molecular complexity index is 711. The molecule has 0 radical (unpaired) electrons. The Morgan fingerprint density at radius 3 is 2.66 bits per heavy atom. The van der Waals surface area contributed by atoms with Crippen LogP contribution in [0.4, 0.5) is 0 Å². The van der Waals surface area contributed by atoms with Gasteiger partial charge in [0.1, 0.15) is 5.75 Å². The molecule has 8 heteroatoms. The van der Waals surface area contributed by atoms with Crippen LogP contribution in [0.2, 0.25) is 0 Å². The van der Waals surface area contributed by atoms with Crippen molar-refractivity contribution in [3.05, 3.63) is 29.8 Å². The minimum atomic E-state index is 0. The molecule has 0 bridgehead atoms. The number of hydrogen-bond acceptors (Lipinski definition) is 5. The zero-order chi connectivity index (χ0) is 21.5. The van der Waals surface area contributed by atoms with Crippen molar-refractivity contribution in [3.8, 4) is 5.75 Å². The first-order chi connectivity index (χ1) is 15.3. The number of ether oxygens (including phenoxy) is 2. The van der Waals surface area contributed by atoms with E-state index in [9.17, 15) is 0 Å². The van der Waals surface area contributed by atoms with Crippen LogP contribution in [0.25, 0.3) is 0 Å². The van der Waals surface area contributed by atoms with Crippen LogP contribution in [0.15, 0.2) is 29.3 Å². The first kappa shape index (κ1) is 25.5. The Labute approximate surface area is 210 Å². The highest BCUT2D eigenvalue weighted by Gasteiger charge is 2.32. The highest BCUT2D eigenvalue weighted by atomic mass is 127. The summed E-state index contributed by atoms with van der Waals surface area (Å²) >= 11 is 0. The van der Waals surface area contributed by atoms with Gasteiger partial charge in [0.15, 0.2) is 5.96 Å². The zero-order valence-electron chi connectivity index (χ0n) is 19.6. The summed E-state index contributed by atoms with van der Waals surface area (Å²) in [7, 11) is 1.71. The Kier molecular flexibility index (Phi) is 10.3. The monoisotopic (exact) mass is 557 g/mol. The summed E-state index contributed by atoms with van der Waals surface area (Å²) in [5.74, 6) is 1.78.